The number of hydrogen-bond acceptors (Lipinski definition) is 5. The van der Waals surface area contributed by atoms with Gasteiger partial charge in [-0.05, 0) is 24.1 Å². The minimum absolute atomic E-state index is 0.205. The lowest BCUT2D eigenvalue weighted by molar-refractivity contribution is 0.262. The van der Waals surface area contributed by atoms with Gasteiger partial charge in [-0.15, -0.1) is 0 Å². The van der Waals surface area contributed by atoms with Gasteiger partial charge in [-0.25, -0.2) is 14.8 Å². The van der Waals surface area contributed by atoms with Crippen molar-refractivity contribution in [2.45, 2.75) is 19.8 Å². The van der Waals surface area contributed by atoms with E-state index in [9.17, 15) is 4.79 Å². The number of nitrogens with two attached hydrogens (primary N) is 1. The van der Waals surface area contributed by atoms with E-state index in [1.54, 1.807) is 36.3 Å². The average molecular weight is 375 g/mol. The first-order chi connectivity index (χ1) is 13.4. The molecule has 0 atom stereocenters. The molecule has 142 valence electrons. The molecule has 3 rings (SSSR count). The minimum Gasteiger partial charge on any atom is -0.368 e. The van der Waals surface area contributed by atoms with Crippen LogP contribution in [0.25, 0.3) is 0 Å². The van der Waals surface area contributed by atoms with E-state index >= 15 is 0 Å². The Morgan fingerprint density at radius 2 is 1.82 bits per heavy atom. The monoisotopic (exact) mass is 375 g/mol. The number of hydrogen-bond donors (Lipinski definition) is 3. The molecule has 0 aliphatic carbocycles. The fraction of sp³-hybridized carbons (Fsp3) is 0.200. The third-order valence-corrected chi connectivity index (χ3v) is 3.88. The normalized spacial score (nSPS) is 10.3. The summed E-state index contributed by atoms with van der Waals surface area (Å²) in [5.74, 6) is 7.09. The van der Waals surface area contributed by atoms with Crippen LogP contribution in [0.15, 0.2) is 42.7 Å². The predicted molar refractivity (Wildman–Crippen MR) is 109 cm³/mol. The van der Waals surface area contributed by atoms with Crippen LogP contribution in [0.5, 0.6) is 0 Å². The first-order valence-electron chi connectivity index (χ1n) is 8.72. The molecule has 4 N–H and O–H groups in total. The maximum Gasteiger partial charge on any atom is 0.324 e. The number of amides is 2. The highest BCUT2D eigenvalue weighted by Crippen LogP contribution is 2.17. The van der Waals surface area contributed by atoms with Crippen molar-refractivity contribution < 1.29 is 4.79 Å². The molecule has 2 heterocycles. The van der Waals surface area contributed by atoms with Crippen LogP contribution < -0.4 is 16.4 Å². The number of anilines is 3. The average Bonchev–Trinajstić information content (AvgIpc) is 3.02. The Bertz CT molecular complexity index is 1040. The number of urea groups is 1. The molecule has 0 bridgehead atoms. The summed E-state index contributed by atoms with van der Waals surface area (Å²) in [5.41, 5.74) is 8.41. The summed E-state index contributed by atoms with van der Waals surface area (Å²) in [6, 6.07) is 8.76. The standard InChI is InChI=1S/C20H21N7O/c1-13(2)17-10-18(27(3)26-17)25-20(28)24-16-6-4-5-14(9-16)7-8-15-11-22-19(21)23-12-15/h4-6,9-13H,1-3H3,(H2,21,22,23)(H2,24,25,28). The second-order valence-corrected chi connectivity index (χ2v) is 6.47. The Kier molecular flexibility index (Phi) is 5.56. The fourth-order valence-electron chi connectivity index (χ4n) is 2.39. The Morgan fingerprint density at radius 3 is 2.50 bits per heavy atom. The zero-order valence-electron chi connectivity index (χ0n) is 15.9. The lowest BCUT2D eigenvalue weighted by Gasteiger charge is -2.07. The van der Waals surface area contributed by atoms with Crippen molar-refractivity contribution in [3.63, 3.8) is 0 Å². The van der Waals surface area contributed by atoms with Gasteiger partial charge in [-0.2, -0.15) is 5.10 Å². The van der Waals surface area contributed by atoms with Gasteiger partial charge >= 0.3 is 6.03 Å². The van der Waals surface area contributed by atoms with Crippen molar-refractivity contribution in [3.8, 4) is 11.8 Å². The smallest absolute Gasteiger partial charge is 0.324 e. The summed E-state index contributed by atoms with van der Waals surface area (Å²) in [6.07, 6.45) is 3.12. The van der Waals surface area contributed by atoms with Gasteiger partial charge in [-0.1, -0.05) is 31.8 Å². The highest BCUT2D eigenvalue weighted by atomic mass is 16.2. The number of nitrogens with one attached hydrogen (secondary N) is 2. The predicted octanol–water partition coefficient (Wildman–Crippen LogP) is 2.96. The van der Waals surface area contributed by atoms with E-state index in [1.807, 2.05) is 18.2 Å². The molecule has 0 fully saturated rings. The maximum atomic E-state index is 12.3. The number of benzene rings is 1. The number of aryl methyl sites for hydroxylation is 1. The molecule has 0 spiro atoms. The molecular formula is C20H21N7O. The van der Waals surface area contributed by atoms with Crippen LogP contribution in [0.1, 0.15) is 36.6 Å². The van der Waals surface area contributed by atoms with Crippen LogP contribution in [0.3, 0.4) is 0 Å². The summed E-state index contributed by atoms with van der Waals surface area (Å²) in [6.45, 7) is 4.10. The van der Waals surface area contributed by atoms with Crippen molar-refractivity contribution in [1.82, 2.24) is 19.7 Å². The van der Waals surface area contributed by atoms with Gasteiger partial charge in [0.15, 0.2) is 0 Å². The van der Waals surface area contributed by atoms with Gasteiger partial charge in [0.05, 0.1) is 11.3 Å². The molecule has 3 aromatic rings. The molecule has 0 saturated heterocycles. The SMILES string of the molecule is CC(C)c1cc(NC(=O)Nc2cccc(C#Cc3cnc(N)nc3)c2)n(C)n1. The molecule has 0 saturated carbocycles. The number of aromatic nitrogens is 4. The lowest BCUT2D eigenvalue weighted by atomic mass is 10.1. The van der Waals surface area contributed by atoms with E-state index < -0.39 is 0 Å². The van der Waals surface area contributed by atoms with Gasteiger partial charge in [0.25, 0.3) is 0 Å². The Morgan fingerprint density at radius 1 is 1.11 bits per heavy atom. The van der Waals surface area contributed by atoms with Gasteiger partial charge in [-0.3, -0.25) is 10.00 Å². The summed E-state index contributed by atoms with van der Waals surface area (Å²) in [4.78, 5) is 20.1. The summed E-state index contributed by atoms with van der Waals surface area (Å²) in [7, 11) is 1.79. The Hall–Kier alpha value is -3.86. The fourth-order valence-corrected chi connectivity index (χ4v) is 2.39. The highest BCUT2D eigenvalue weighted by Gasteiger charge is 2.11. The minimum atomic E-state index is -0.352. The highest BCUT2D eigenvalue weighted by molar-refractivity contribution is 5.99. The molecule has 0 aliphatic heterocycles. The topological polar surface area (TPSA) is 111 Å². The summed E-state index contributed by atoms with van der Waals surface area (Å²) < 4.78 is 1.64. The quantitative estimate of drug-likeness (QED) is 0.610. The van der Waals surface area contributed by atoms with Gasteiger partial charge < -0.3 is 11.1 Å². The molecule has 2 amide bonds. The molecule has 8 heteroatoms. The largest absolute Gasteiger partial charge is 0.368 e. The van der Waals surface area contributed by atoms with Crippen LogP contribution >= 0.6 is 0 Å². The van der Waals surface area contributed by atoms with Crippen molar-refractivity contribution >= 4 is 23.5 Å². The number of nitrogens with zero attached hydrogens (tertiary/aromatic N) is 4. The van der Waals surface area contributed by atoms with Crippen LogP contribution in [0.4, 0.5) is 22.2 Å². The van der Waals surface area contributed by atoms with Gasteiger partial charge in [0.2, 0.25) is 5.95 Å². The lowest BCUT2D eigenvalue weighted by Crippen LogP contribution is -2.21. The molecule has 0 radical (unpaired) electrons. The van der Waals surface area contributed by atoms with Gasteiger partial charge in [0, 0.05) is 36.8 Å². The molecule has 2 aromatic heterocycles. The van der Waals surface area contributed by atoms with E-state index in [1.165, 1.54) is 0 Å². The first-order valence-corrected chi connectivity index (χ1v) is 8.72. The van der Waals surface area contributed by atoms with Crippen LogP contribution in [-0.4, -0.2) is 25.8 Å². The molecule has 28 heavy (non-hydrogen) atoms. The summed E-state index contributed by atoms with van der Waals surface area (Å²) >= 11 is 0. The maximum absolute atomic E-state index is 12.3. The van der Waals surface area contributed by atoms with Crippen molar-refractivity contribution in [2.24, 2.45) is 7.05 Å². The zero-order chi connectivity index (χ0) is 20.1. The number of rotatable bonds is 3. The number of nitrogen functional groups attached to an aromatic ring is 1. The van der Waals surface area contributed by atoms with Crippen molar-refractivity contribution in [3.05, 3.63) is 59.5 Å². The first kappa shape index (κ1) is 18.9. The second-order valence-electron chi connectivity index (χ2n) is 6.47. The molecular weight excluding hydrogens is 354 g/mol. The molecule has 0 aliphatic rings. The van der Waals surface area contributed by atoms with E-state index in [-0.39, 0.29) is 17.9 Å². The van der Waals surface area contributed by atoms with Crippen molar-refractivity contribution in [1.29, 1.82) is 0 Å². The number of carbonyl (C=O) groups is 1. The third kappa shape index (κ3) is 4.86. The molecule has 0 unspecified atom stereocenters. The third-order valence-electron chi connectivity index (χ3n) is 3.88. The number of carbonyl (C=O) groups excluding carboxylic acids is 1. The van der Waals surface area contributed by atoms with E-state index in [0.29, 0.717) is 17.1 Å². The van der Waals surface area contributed by atoms with E-state index in [0.717, 1.165) is 11.3 Å². The van der Waals surface area contributed by atoms with Crippen molar-refractivity contribution in [2.75, 3.05) is 16.4 Å². The van der Waals surface area contributed by atoms with E-state index in [4.69, 9.17) is 5.73 Å². The Balaban J connectivity index is 1.67. The second kappa shape index (κ2) is 8.22. The van der Waals surface area contributed by atoms with E-state index in [2.05, 4.69) is 51.4 Å². The molecule has 1 aromatic carbocycles. The zero-order valence-corrected chi connectivity index (χ0v) is 15.9. The summed E-state index contributed by atoms with van der Waals surface area (Å²) in [5, 5.41) is 9.99. The van der Waals surface area contributed by atoms with Crippen LogP contribution in [-0.2, 0) is 7.05 Å². The van der Waals surface area contributed by atoms with Crippen LogP contribution in [0.2, 0.25) is 0 Å². The van der Waals surface area contributed by atoms with Crippen LogP contribution in [0, 0.1) is 11.8 Å². The molecule has 8 nitrogen and oxygen atoms in total. The Labute approximate surface area is 163 Å². The van der Waals surface area contributed by atoms with Gasteiger partial charge in [0.1, 0.15) is 5.82 Å².